The molecule has 0 unspecified atom stereocenters. The lowest BCUT2D eigenvalue weighted by Crippen LogP contribution is -2.63. The molecule has 0 aliphatic carbocycles. The Morgan fingerprint density at radius 1 is 0.560 bits per heavy atom. The van der Waals surface area contributed by atoms with Crippen molar-refractivity contribution in [2.75, 3.05) is 0 Å². The normalized spacial score (nSPS) is 12.9. The van der Waals surface area contributed by atoms with Crippen LogP contribution in [-0.2, 0) is 0 Å². The molecule has 0 bridgehead atoms. The molecule has 0 radical (unpaired) electrons. The molecule has 0 spiro atoms. The van der Waals surface area contributed by atoms with Crippen LogP contribution in [0.15, 0.2) is 12.3 Å². The first kappa shape index (κ1) is 25.0. The van der Waals surface area contributed by atoms with Gasteiger partial charge in [0, 0.05) is 0 Å². The minimum atomic E-state index is -1.32. The van der Waals surface area contributed by atoms with Crippen LogP contribution >= 0.6 is 0 Å². The molecule has 0 aromatic carbocycles. The molecule has 0 aliphatic rings. The second kappa shape index (κ2) is 14.1. The van der Waals surface area contributed by atoms with E-state index in [0.717, 1.165) is 0 Å². The van der Waals surface area contributed by atoms with Crippen molar-refractivity contribution in [2.24, 2.45) is 0 Å². The van der Waals surface area contributed by atoms with Crippen LogP contribution in [0.4, 0.5) is 0 Å². The third-order valence-electron chi connectivity index (χ3n) is 6.95. The quantitative estimate of drug-likeness (QED) is 0.190. The maximum absolute atomic E-state index is 3.08. The second-order valence-corrected chi connectivity index (χ2v) is 18.4. The van der Waals surface area contributed by atoms with E-state index in [1.54, 1.807) is 0 Å². The molecule has 0 saturated heterocycles. The highest BCUT2D eigenvalue weighted by Crippen LogP contribution is 2.36. The number of unbranched alkanes of at least 4 members (excludes halogenated alkanes) is 6. The maximum atomic E-state index is 3.08. The standard InChI is InChI=1S/C22H49NSi2/c1-8-15-16-17-18-19-20-21-22-23(24(9-2,10-3)11-4)25(12-5,13-6)14-7/h21-22H,8-20H2,1-7H3. The zero-order chi connectivity index (χ0) is 19.2. The van der Waals surface area contributed by atoms with Crippen molar-refractivity contribution >= 4 is 16.5 Å². The van der Waals surface area contributed by atoms with Crippen molar-refractivity contribution in [3.05, 3.63) is 12.3 Å². The van der Waals surface area contributed by atoms with Crippen LogP contribution in [0.3, 0.4) is 0 Å². The van der Waals surface area contributed by atoms with Gasteiger partial charge in [0.25, 0.3) is 0 Å². The summed E-state index contributed by atoms with van der Waals surface area (Å²) in [5.74, 6) is 0. The van der Waals surface area contributed by atoms with Crippen LogP contribution in [0.1, 0.15) is 93.4 Å². The summed E-state index contributed by atoms with van der Waals surface area (Å²) >= 11 is 0. The Labute approximate surface area is 162 Å². The largest absolute Gasteiger partial charge is 0.430 e. The summed E-state index contributed by atoms with van der Waals surface area (Å²) < 4.78 is 3.08. The number of nitrogens with zero attached hydrogens (tertiary/aromatic N) is 1. The first-order valence-electron chi connectivity index (χ1n) is 11.5. The van der Waals surface area contributed by atoms with Gasteiger partial charge in [0.05, 0.1) is 0 Å². The molecule has 0 aliphatic heterocycles. The third kappa shape index (κ3) is 7.24. The molecule has 0 atom stereocenters. The van der Waals surface area contributed by atoms with Crippen molar-refractivity contribution in [3.8, 4) is 0 Å². The van der Waals surface area contributed by atoms with Gasteiger partial charge < -0.3 is 4.23 Å². The predicted molar refractivity (Wildman–Crippen MR) is 123 cm³/mol. The van der Waals surface area contributed by atoms with Gasteiger partial charge >= 0.3 is 0 Å². The van der Waals surface area contributed by atoms with Gasteiger partial charge in [0.2, 0.25) is 0 Å². The lowest BCUT2D eigenvalue weighted by Gasteiger charge is -2.52. The van der Waals surface area contributed by atoms with Gasteiger partial charge in [-0.2, -0.15) is 0 Å². The van der Waals surface area contributed by atoms with Gasteiger partial charge in [-0.25, -0.2) is 0 Å². The van der Waals surface area contributed by atoms with E-state index in [9.17, 15) is 0 Å². The summed E-state index contributed by atoms with van der Waals surface area (Å²) in [7, 11) is -2.65. The highest BCUT2D eigenvalue weighted by molar-refractivity contribution is 6.93. The minimum Gasteiger partial charge on any atom is -0.430 e. The molecule has 0 aromatic rings. The van der Waals surface area contributed by atoms with Crippen molar-refractivity contribution in [1.82, 2.24) is 4.23 Å². The lowest BCUT2D eigenvalue weighted by atomic mass is 10.1. The number of rotatable bonds is 16. The van der Waals surface area contributed by atoms with Gasteiger partial charge in [-0.05, 0) is 55.3 Å². The van der Waals surface area contributed by atoms with Gasteiger partial charge in [0.15, 0.2) is 0 Å². The Hall–Kier alpha value is -0.0262. The summed E-state index contributed by atoms with van der Waals surface area (Å²) in [6.07, 6.45) is 14.9. The van der Waals surface area contributed by atoms with Crippen LogP contribution in [0.5, 0.6) is 0 Å². The van der Waals surface area contributed by atoms with Gasteiger partial charge in [0.1, 0.15) is 16.5 Å². The highest BCUT2D eigenvalue weighted by Gasteiger charge is 2.44. The number of hydrogen-bond donors (Lipinski definition) is 0. The molecule has 0 saturated carbocycles. The Morgan fingerprint density at radius 3 is 1.36 bits per heavy atom. The van der Waals surface area contributed by atoms with Gasteiger partial charge in [-0.1, -0.05) is 86.6 Å². The van der Waals surface area contributed by atoms with Gasteiger partial charge in [-0.3, -0.25) is 0 Å². The van der Waals surface area contributed by atoms with Crippen LogP contribution < -0.4 is 0 Å². The SMILES string of the molecule is CCCCCCCCC=CN([Si](CC)(CC)CC)[Si](CC)(CC)CC. The van der Waals surface area contributed by atoms with E-state index >= 15 is 0 Å². The monoisotopic (exact) mass is 383 g/mol. The van der Waals surface area contributed by atoms with Gasteiger partial charge in [-0.15, -0.1) is 0 Å². The van der Waals surface area contributed by atoms with E-state index in [0.29, 0.717) is 0 Å². The molecule has 0 N–H and O–H groups in total. The molecular formula is C22H49NSi2. The summed E-state index contributed by atoms with van der Waals surface area (Å²) in [6.45, 7) is 17.1. The van der Waals surface area contributed by atoms with E-state index in [1.165, 1.54) is 81.2 Å². The lowest BCUT2D eigenvalue weighted by molar-refractivity contribution is 0.610. The maximum Gasteiger partial charge on any atom is 0.146 e. The molecule has 0 amide bonds. The van der Waals surface area contributed by atoms with Crippen LogP contribution in [0, 0.1) is 0 Å². The Balaban J connectivity index is 5.06. The fraction of sp³-hybridized carbons (Fsp3) is 0.909. The molecule has 1 nitrogen and oxygen atoms in total. The molecule has 0 fully saturated rings. The second-order valence-electron chi connectivity index (χ2n) is 7.88. The molecule has 150 valence electrons. The fourth-order valence-corrected chi connectivity index (χ4v) is 17.3. The van der Waals surface area contributed by atoms with E-state index in [-0.39, 0.29) is 0 Å². The first-order chi connectivity index (χ1) is 12.1. The fourth-order valence-electron chi connectivity index (χ4n) is 4.56. The Bertz CT molecular complexity index is 296. The summed E-state index contributed by atoms with van der Waals surface area (Å²) in [5, 5.41) is 0. The van der Waals surface area contributed by atoms with Crippen molar-refractivity contribution in [3.63, 3.8) is 0 Å². The molecule has 0 heterocycles. The zero-order valence-corrected chi connectivity index (χ0v) is 20.8. The average Bonchev–Trinajstić information content (AvgIpc) is 2.66. The number of allylic oxidation sites excluding steroid dienone is 1. The van der Waals surface area contributed by atoms with Crippen LogP contribution in [-0.4, -0.2) is 20.7 Å². The van der Waals surface area contributed by atoms with E-state index in [2.05, 4.69) is 65.0 Å². The molecule has 0 rings (SSSR count). The predicted octanol–water partition coefficient (Wildman–Crippen LogP) is 8.56. The van der Waals surface area contributed by atoms with Crippen LogP contribution in [0.25, 0.3) is 0 Å². The van der Waals surface area contributed by atoms with Crippen LogP contribution in [0.2, 0.25) is 36.3 Å². The van der Waals surface area contributed by atoms with E-state index < -0.39 is 16.5 Å². The Morgan fingerprint density at radius 2 is 0.960 bits per heavy atom. The topological polar surface area (TPSA) is 3.24 Å². The zero-order valence-electron chi connectivity index (χ0n) is 18.8. The molecular weight excluding hydrogens is 334 g/mol. The van der Waals surface area contributed by atoms with Crippen molar-refractivity contribution in [2.45, 2.75) is 130 Å². The minimum absolute atomic E-state index is 1.28. The first-order valence-corrected chi connectivity index (χ1v) is 16.7. The number of hydrogen-bond acceptors (Lipinski definition) is 1. The summed E-state index contributed by atoms with van der Waals surface area (Å²) in [6, 6.07) is 8.48. The average molecular weight is 384 g/mol. The summed E-state index contributed by atoms with van der Waals surface area (Å²) in [5.41, 5.74) is 0. The third-order valence-corrected chi connectivity index (χ3v) is 20.0. The van der Waals surface area contributed by atoms with Crippen molar-refractivity contribution in [1.29, 1.82) is 0 Å². The summed E-state index contributed by atoms with van der Waals surface area (Å²) in [4.78, 5) is 0. The Kier molecular flexibility index (Phi) is 14.1. The molecule has 0 aromatic heterocycles. The highest BCUT2D eigenvalue weighted by atomic mass is 28.4. The molecule has 3 heteroatoms. The van der Waals surface area contributed by atoms with E-state index in [1.807, 2.05) is 0 Å². The van der Waals surface area contributed by atoms with Crippen molar-refractivity contribution < 1.29 is 0 Å². The smallest absolute Gasteiger partial charge is 0.146 e. The molecule has 25 heavy (non-hydrogen) atoms. The van der Waals surface area contributed by atoms with E-state index in [4.69, 9.17) is 0 Å².